The van der Waals surface area contributed by atoms with Crippen LogP contribution in [0.1, 0.15) is 0 Å². The summed E-state index contributed by atoms with van der Waals surface area (Å²) in [4.78, 5) is 0. The van der Waals surface area contributed by atoms with Crippen molar-refractivity contribution in [2.24, 2.45) is 0 Å². The molecule has 0 heterocycles. The van der Waals surface area contributed by atoms with Gasteiger partial charge < -0.3 is 4.74 Å². The maximum absolute atomic E-state index is 5.57. The van der Waals surface area contributed by atoms with Gasteiger partial charge in [-0.15, -0.1) is 0 Å². The van der Waals surface area contributed by atoms with Crippen LogP contribution in [0.5, 0.6) is 5.75 Å². The molecule has 0 unspecified atom stereocenters. The van der Waals surface area contributed by atoms with E-state index in [4.69, 9.17) is 4.74 Å². The van der Waals surface area contributed by atoms with E-state index in [1.807, 2.05) is 0 Å². The Kier molecular flexibility index (Phi) is 4.06. The Balaban J connectivity index is 2.02. The summed E-state index contributed by atoms with van der Waals surface area (Å²) in [5, 5.41) is 4.98. The molecule has 5 rings (SSSR count). The molecule has 0 aliphatic carbocycles. The predicted molar refractivity (Wildman–Crippen MR) is 119 cm³/mol. The van der Waals surface area contributed by atoms with Gasteiger partial charge in [-0.2, -0.15) is 0 Å². The van der Waals surface area contributed by atoms with Crippen LogP contribution >= 0.6 is 0 Å². The lowest BCUT2D eigenvalue weighted by Gasteiger charge is -2.18. The molecular formula is C27H20O. The fraction of sp³-hybridized carbons (Fsp3) is 0.0370. The zero-order valence-electron chi connectivity index (χ0n) is 15.7. The molecule has 0 saturated carbocycles. The molecule has 0 spiro atoms. The van der Waals surface area contributed by atoms with E-state index < -0.39 is 0 Å². The number of hydrogen-bond donors (Lipinski definition) is 0. The Bertz CT molecular complexity index is 1270. The van der Waals surface area contributed by atoms with E-state index in [0.717, 1.165) is 5.75 Å². The minimum Gasteiger partial charge on any atom is -0.497 e. The average Bonchev–Trinajstić information content (AvgIpc) is 2.78. The van der Waals surface area contributed by atoms with Crippen molar-refractivity contribution >= 4 is 21.5 Å². The van der Waals surface area contributed by atoms with Gasteiger partial charge in [0, 0.05) is 0 Å². The third-order valence-corrected chi connectivity index (χ3v) is 5.36. The van der Waals surface area contributed by atoms with Crippen LogP contribution in [0.2, 0.25) is 0 Å². The molecule has 0 N–H and O–H groups in total. The van der Waals surface area contributed by atoms with Gasteiger partial charge in [0.05, 0.1) is 7.11 Å². The quantitative estimate of drug-likeness (QED) is 0.306. The highest BCUT2D eigenvalue weighted by Crippen LogP contribution is 2.44. The molecule has 0 aliphatic heterocycles. The van der Waals surface area contributed by atoms with E-state index in [1.165, 1.54) is 43.8 Å². The molecule has 0 aliphatic rings. The topological polar surface area (TPSA) is 9.23 Å². The Morgan fingerprint density at radius 1 is 0.464 bits per heavy atom. The summed E-state index contributed by atoms with van der Waals surface area (Å²) >= 11 is 0. The summed E-state index contributed by atoms with van der Waals surface area (Å²) in [5.41, 5.74) is 4.98. The molecular weight excluding hydrogens is 340 g/mol. The maximum atomic E-state index is 5.57. The fourth-order valence-electron chi connectivity index (χ4n) is 4.12. The number of methoxy groups -OCH3 is 1. The van der Waals surface area contributed by atoms with Crippen molar-refractivity contribution in [3.63, 3.8) is 0 Å². The van der Waals surface area contributed by atoms with E-state index in [9.17, 15) is 0 Å². The minimum absolute atomic E-state index is 0.874. The molecule has 0 saturated heterocycles. The smallest absolute Gasteiger partial charge is 0.119 e. The second kappa shape index (κ2) is 6.86. The highest BCUT2D eigenvalue weighted by atomic mass is 16.5. The summed E-state index contributed by atoms with van der Waals surface area (Å²) in [6.07, 6.45) is 0. The normalized spacial score (nSPS) is 11.0. The summed E-state index contributed by atoms with van der Waals surface area (Å²) in [7, 11) is 1.72. The van der Waals surface area contributed by atoms with Crippen molar-refractivity contribution in [3.8, 4) is 28.0 Å². The number of hydrogen-bond acceptors (Lipinski definition) is 1. The highest BCUT2D eigenvalue weighted by Gasteiger charge is 2.16. The first-order chi connectivity index (χ1) is 13.9. The monoisotopic (exact) mass is 360 g/mol. The van der Waals surface area contributed by atoms with Gasteiger partial charge in [0.15, 0.2) is 0 Å². The molecule has 0 aromatic heterocycles. The lowest BCUT2D eigenvalue weighted by atomic mass is 9.86. The number of ether oxygens (including phenoxy) is 1. The van der Waals surface area contributed by atoms with Crippen LogP contribution in [0.3, 0.4) is 0 Å². The molecule has 1 heteroatoms. The second-order valence-corrected chi connectivity index (χ2v) is 6.94. The van der Waals surface area contributed by atoms with Crippen molar-refractivity contribution in [1.82, 2.24) is 0 Å². The molecule has 0 amide bonds. The molecule has 5 aromatic rings. The zero-order valence-corrected chi connectivity index (χ0v) is 15.7. The maximum Gasteiger partial charge on any atom is 0.119 e. The summed E-state index contributed by atoms with van der Waals surface area (Å²) in [6, 6.07) is 36.4. The summed E-state index contributed by atoms with van der Waals surface area (Å²) in [6.45, 7) is 0. The van der Waals surface area contributed by atoms with Crippen molar-refractivity contribution in [3.05, 3.63) is 103 Å². The van der Waals surface area contributed by atoms with Gasteiger partial charge in [-0.1, -0.05) is 91.0 Å². The van der Waals surface area contributed by atoms with Gasteiger partial charge in [-0.05, 0) is 55.9 Å². The fourth-order valence-corrected chi connectivity index (χ4v) is 4.12. The largest absolute Gasteiger partial charge is 0.497 e. The van der Waals surface area contributed by atoms with Gasteiger partial charge in [-0.3, -0.25) is 0 Å². The molecule has 0 atom stereocenters. The first kappa shape index (κ1) is 16.6. The molecule has 28 heavy (non-hydrogen) atoms. The molecule has 134 valence electrons. The lowest BCUT2D eigenvalue weighted by Crippen LogP contribution is -1.91. The van der Waals surface area contributed by atoms with E-state index in [2.05, 4.69) is 103 Å². The number of rotatable bonds is 3. The minimum atomic E-state index is 0.874. The van der Waals surface area contributed by atoms with Crippen LogP contribution in [0, 0.1) is 0 Å². The van der Waals surface area contributed by atoms with E-state index in [-0.39, 0.29) is 0 Å². The Labute approximate surface area is 164 Å². The molecule has 5 aromatic carbocycles. The van der Waals surface area contributed by atoms with Crippen LogP contribution < -0.4 is 4.74 Å². The van der Waals surface area contributed by atoms with Crippen molar-refractivity contribution in [2.75, 3.05) is 7.11 Å². The average molecular weight is 360 g/mol. The lowest BCUT2D eigenvalue weighted by molar-refractivity contribution is 0.415. The van der Waals surface area contributed by atoms with Crippen LogP contribution in [0.25, 0.3) is 43.8 Å². The van der Waals surface area contributed by atoms with Crippen LogP contribution in [-0.4, -0.2) is 7.11 Å². The summed E-state index contributed by atoms with van der Waals surface area (Å²) in [5.74, 6) is 0.874. The molecule has 0 radical (unpaired) electrons. The van der Waals surface area contributed by atoms with Crippen LogP contribution in [0.4, 0.5) is 0 Å². The number of benzene rings is 5. The van der Waals surface area contributed by atoms with Gasteiger partial charge >= 0.3 is 0 Å². The Morgan fingerprint density at radius 3 is 1.46 bits per heavy atom. The van der Waals surface area contributed by atoms with Gasteiger partial charge in [0.1, 0.15) is 5.75 Å². The van der Waals surface area contributed by atoms with Gasteiger partial charge in [0.2, 0.25) is 0 Å². The SMILES string of the molecule is COc1ccc2c(-c3ccccc3)c3ccccc3c(-c3ccccc3)c2c1. The Morgan fingerprint density at radius 2 is 0.929 bits per heavy atom. The Hall–Kier alpha value is -3.58. The first-order valence-electron chi connectivity index (χ1n) is 9.50. The standard InChI is InChI=1S/C27H20O/c1-28-21-16-17-24-25(18-21)27(20-12-6-3-7-13-20)23-15-9-8-14-22(23)26(24)19-10-4-2-5-11-19/h2-18H,1H3. The van der Waals surface area contributed by atoms with Crippen molar-refractivity contribution in [1.29, 1.82) is 0 Å². The van der Waals surface area contributed by atoms with Gasteiger partial charge in [-0.25, -0.2) is 0 Å². The van der Waals surface area contributed by atoms with Crippen molar-refractivity contribution in [2.45, 2.75) is 0 Å². The molecule has 0 fully saturated rings. The second-order valence-electron chi connectivity index (χ2n) is 6.94. The molecule has 1 nitrogen and oxygen atoms in total. The number of fused-ring (bicyclic) bond motifs is 2. The van der Waals surface area contributed by atoms with Crippen LogP contribution in [0.15, 0.2) is 103 Å². The molecule has 0 bridgehead atoms. The van der Waals surface area contributed by atoms with Crippen LogP contribution in [-0.2, 0) is 0 Å². The highest BCUT2D eigenvalue weighted by molar-refractivity contribution is 6.21. The third kappa shape index (κ3) is 2.64. The predicted octanol–water partition coefficient (Wildman–Crippen LogP) is 7.34. The van der Waals surface area contributed by atoms with E-state index in [1.54, 1.807) is 7.11 Å². The third-order valence-electron chi connectivity index (χ3n) is 5.36. The van der Waals surface area contributed by atoms with Gasteiger partial charge in [0.25, 0.3) is 0 Å². The van der Waals surface area contributed by atoms with E-state index in [0.29, 0.717) is 0 Å². The zero-order chi connectivity index (χ0) is 18.9. The first-order valence-corrected chi connectivity index (χ1v) is 9.50. The van der Waals surface area contributed by atoms with E-state index >= 15 is 0 Å². The van der Waals surface area contributed by atoms with Crippen molar-refractivity contribution < 1.29 is 4.74 Å². The summed E-state index contributed by atoms with van der Waals surface area (Å²) < 4.78 is 5.57.